The molecule has 0 aliphatic carbocycles. The molecular formula is C20H22N8O5S3. The van der Waals surface area contributed by atoms with Gasteiger partial charge in [0.15, 0.2) is 0 Å². The van der Waals surface area contributed by atoms with Gasteiger partial charge in [0.05, 0.1) is 5.69 Å². The van der Waals surface area contributed by atoms with Gasteiger partial charge in [-0.15, -0.1) is 16.7 Å². The number of amides is 2. The maximum Gasteiger partial charge on any atom is 0.353 e. The van der Waals surface area contributed by atoms with Gasteiger partial charge in [-0.05, 0) is 35.3 Å². The molecular weight excluding hydrogens is 528 g/mol. The number of carboxylic acids is 1. The van der Waals surface area contributed by atoms with Crippen LogP contribution in [0.4, 0.5) is 5.82 Å². The van der Waals surface area contributed by atoms with Crippen molar-refractivity contribution in [3.63, 3.8) is 0 Å². The van der Waals surface area contributed by atoms with Gasteiger partial charge in [-0.3, -0.25) is 14.5 Å². The summed E-state index contributed by atoms with van der Waals surface area (Å²) in [5, 5.41) is 19.7. The van der Waals surface area contributed by atoms with E-state index in [1.165, 1.54) is 53.7 Å². The Labute approximate surface area is 218 Å². The van der Waals surface area contributed by atoms with E-state index in [1.54, 1.807) is 10.6 Å². The van der Waals surface area contributed by atoms with Crippen LogP contribution in [0.1, 0.15) is 18.2 Å². The number of β-lactam (4-membered cyclic amide) rings is 1. The summed E-state index contributed by atoms with van der Waals surface area (Å²) in [6, 6.07) is 1.95. The number of nitrogens with two attached hydrogens (primary N) is 2. The molecule has 3 atom stereocenters. The second-order valence-corrected chi connectivity index (χ2v) is 10.8. The van der Waals surface area contributed by atoms with E-state index >= 15 is 0 Å². The molecule has 13 nitrogen and oxygen atoms in total. The molecule has 1 aromatic rings. The lowest BCUT2D eigenvalue weighted by Crippen LogP contribution is -2.70. The summed E-state index contributed by atoms with van der Waals surface area (Å²) < 4.78 is 1.68. The highest BCUT2D eigenvalue weighted by Crippen LogP contribution is 2.46. The van der Waals surface area contributed by atoms with E-state index in [-0.39, 0.29) is 17.2 Å². The molecule has 190 valence electrons. The number of carbonyl (C=O) groups is 3. The molecule has 1 unspecified atom stereocenters. The first-order chi connectivity index (χ1) is 17.3. The van der Waals surface area contributed by atoms with Crippen molar-refractivity contribution >= 4 is 65.3 Å². The van der Waals surface area contributed by atoms with Crippen molar-refractivity contribution in [1.29, 1.82) is 0 Å². The molecule has 6 N–H and O–H groups in total. The zero-order valence-corrected chi connectivity index (χ0v) is 21.1. The van der Waals surface area contributed by atoms with Gasteiger partial charge < -0.3 is 21.9 Å². The molecule has 3 aliphatic rings. The highest BCUT2D eigenvalue weighted by atomic mass is 32.2. The Kier molecular flexibility index (Phi) is 8.17. The fourth-order valence-corrected chi connectivity index (χ4v) is 6.97. The van der Waals surface area contributed by atoms with Crippen LogP contribution in [0, 0.1) is 4.91 Å². The lowest BCUT2D eigenvalue weighted by molar-refractivity contribution is -0.150. The second-order valence-electron chi connectivity index (χ2n) is 7.54. The number of hydrogen-bond donors (Lipinski definition) is 4. The van der Waals surface area contributed by atoms with E-state index in [9.17, 15) is 24.4 Å². The Morgan fingerprint density at radius 3 is 2.89 bits per heavy atom. The van der Waals surface area contributed by atoms with E-state index < -0.39 is 35.2 Å². The summed E-state index contributed by atoms with van der Waals surface area (Å²) in [5.74, 6) is -1.62. The number of rotatable bonds is 10. The van der Waals surface area contributed by atoms with Crippen molar-refractivity contribution in [2.24, 2.45) is 16.0 Å². The number of pyridine rings is 1. The van der Waals surface area contributed by atoms with E-state index in [4.69, 9.17) is 11.5 Å². The number of aromatic nitrogens is 1. The Hall–Kier alpha value is -3.08. The van der Waals surface area contributed by atoms with Crippen molar-refractivity contribution in [1.82, 2.24) is 19.6 Å². The smallest absolute Gasteiger partial charge is 0.353 e. The molecule has 0 radical (unpaired) electrons. The largest absolute Gasteiger partial charge is 0.477 e. The molecule has 4 heterocycles. The summed E-state index contributed by atoms with van der Waals surface area (Å²) in [6.45, 7) is 0.457. The van der Waals surface area contributed by atoms with E-state index in [0.29, 0.717) is 29.4 Å². The van der Waals surface area contributed by atoms with E-state index in [0.717, 1.165) is 9.93 Å². The number of anilines is 1. The number of hydrogen-bond acceptors (Lipinski definition) is 13. The minimum atomic E-state index is -1.50. The first kappa shape index (κ1) is 26.0. The molecule has 0 spiro atoms. The highest BCUT2D eigenvalue weighted by Gasteiger charge is 2.55. The summed E-state index contributed by atoms with van der Waals surface area (Å²) in [4.78, 5) is 54.8. The third-order valence-corrected chi connectivity index (χ3v) is 8.86. The molecule has 36 heavy (non-hydrogen) atoms. The molecule has 0 bridgehead atoms. The van der Waals surface area contributed by atoms with E-state index in [1.807, 2.05) is 6.08 Å². The van der Waals surface area contributed by atoms with Crippen molar-refractivity contribution in [2.45, 2.75) is 23.9 Å². The average Bonchev–Trinajstić information content (AvgIpc) is 2.86. The molecule has 1 fully saturated rings. The molecule has 2 amide bonds. The van der Waals surface area contributed by atoms with Gasteiger partial charge in [-0.25, -0.2) is 14.2 Å². The number of allylic oxidation sites excluding steroid dienone is 1. The molecule has 4 rings (SSSR count). The molecule has 3 aliphatic heterocycles. The van der Waals surface area contributed by atoms with Gasteiger partial charge >= 0.3 is 5.97 Å². The quantitative estimate of drug-likeness (QED) is 0.184. The number of aliphatic carboxylic acids is 1. The van der Waals surface area contributed by atoms with Crippen molar-refractivity contribution < 1.29 is 19.5 Å². The number of carboxylic acid groups (broad SMARTS) is 1. The fourth-order valence-electron chi connectivity index (χ4n) is 3.61. The lowest BCUT2D eigenvalue weighted by atomic mass is 10.0. The number of carbonyl (C=O) groups excluding carboxylic acids is 2. The van der Waals surface area contributed by atoms with Gasteiger partial charge in [-0.1, -0.05) is 17.8 Å². The maximum absolute atomic E-state index is 13.0. The maximum atomic E-state index is 13.0. The summed E-state index contributed by atoms with van der Waals surface area (Å²) in [5.41, 5.74) is 11.1. The minimum Gasteiger partial charge on any atom is -0.477 e. The Morgan fingerprint density at radius 2 is 2.19 bits per heavy atom. The number of nitrogens with zero attached hydrogens (tertiary/aromatic N) is 5. The Balaban J connectivity index is 1.49. The third-order valence-electron chi connectivity index (χ3n) is 5.19. The predicted octanol–water partition coefficient (Wildman–Crippen LogP) is 1.04. The van der Waals surface area contributed by atoms with Crippen LogP contribution >= 0.6 is 35.5 Å². The van der Waals surface area contributed by atoms with Crippen LogP contribution in [0.2, 0.25) is 0 Å². The number of nitrogen functional groups attached to an aromatic ring is 1. The monoisotopic (exact) mass is 550 g/mol. The summed E-state index contributed by atoms with van der Waals surface area (Å²) >= 11 is 3.95. The zero-order valence-electron chi connectivity index (χ0n) is 18.6. The summed E-state index contributed by atoms with van der Waals surface area (Å²) in [7, 11) is 0. The summed E-state index contributed by atoms with van der Waals surface area (Å²) in [6.07, 6.45) is 4.25. The van der Waals surface area contributed by atoms with Gasteiger partial charge in [0.25, 0.3) is 11.8 Å². The first-order valence-corrected chi connectivity index (χ1v) is 13.5. The van der Waals surface area contributed by atoms with Crippen LogP contribution in [0.3, 0.4) is 0 Å². The number of thioether (sulfide) groups is 2. The Bertz CT molecular complexity index is 1180. The van der Waals surface area contributed by atoms with Crippen LogP contribution in [0.15, 0.2) is 50.2 Å². The van der Waals surface area contributed by atoms with Crippen LogP contribution in [-0.4, -0.2) is 72.9 Å². The molecule has 0 saturated carbocycles. The van der Waals surface area contributed by atoms with Gasteiger partial charge in [0.1, 0.15) is 28.0 Å². The van der Waals surface area contributed by atoms with Crippen molar-refractivity contribution in [3.05, 3.63) is 50.5 Å². The van der Waals surface area contributed by atoms with Gasteiger partial charge in [0, 0.05) is 35.6 Å². The van der Waals surface area contributed by atoms with Crippen molar-refractivity contribution in [3.8, 4) is 0 Å². The number of hydrazone groups is 1. The molecule has 0 aromatic carbocycles. The molecule has 1 aromatic heterocycles. The van der Waals surface area contributed by atoms with Crippen LogP contribution < -0.4 is 16.8 Å². The Morgan fingerprint density at radius 1 is 1.39 bits per heavy atom. The van der Waals surface area contributed by atoms with Crippen molar-refractivity contribution in [2.75, 3.05) is 23.8 Å². The molecule has 1 saturated heterocycles. The normalized spacial score (nSPS) is 21.9. The average molecular weight is 551 g/mol. The fraction of sp³-hybridized carbons (Fsp3) is 0.350. The van der Waals surface area contributed by atoms with Gasteiger partial charge in [0.2, 0.25) is 6.04 Å². The standard InChI is InChI=1S/C20H22N8O5S3/c21-6-8-35-28-13(5-2-7-23-28)36-11-9-34-19-15(18(30)27(19)16(11)20(31)32)25-17(29)14(26-33)10-3-1-4-12(22)24-10/h1,3-5,7,14-15,19H,2,6,8-9,21H2,(H2,22,24)(H,25,29)(H,31,32)/t14?,15-,19+/m1/s1. The molecule has 16 heteroatoms. The SMILES string of the molecule is NCCSN1N=CCC=C1SC1=C(C(=O)O)N2C(=O)[C@@H](NC(=O)C(N=O)c3cccc(N)n3)[C@@H]2SC1. The topological polar surface area (TPSA) is 197 Å². The lowest BCUT2D eigenvalue weighted by Gasteiger charge is -2.49. The van der Waals surface area contributed by atoms with Gasteiger partial charge in [-0.2, -0.15) is 5.10 Å². The number of fused-ring (bicyclic) bond motifs is 1. The number of nitrogens with one attached hydrogen (secondary N) is 1. The van der Waals surface area contributed by atoms with E-state index in [2.05, 4.69) is 20.6 Å². The van der Waals surface area contributed by atoms with Crippen LogP contribution in [-0.2, 0) is 14.4 Å². The highest BCUT2D eigenvalue weighted by molar-refractivity contribution is 8.09. The number of nitroso groups, excluding NO2 is 1. The first-order valence-electron chi connectivity index (χ1n) is 10.7. The van der Waals surface area contributed by atoms with Crippen LogP contribution in [0.25, 0.3) is 0 Å². The van der Waals surface area contributed by atoms with Crippen LogP contribution in [0.5, 0.6) is 0 Å². The minimum absolute atomic E-state index is 0.0488. The third kappa shape index (κ3) is 5.21. The predicted molar refractivity (Wildman–Crippen MR) is 139 cm³/mol. The second kappa shape index (κ2) is 11.3. The zero-order chi connectivity index (χ0) is 25.8.